The Balaban J connectivity index is 2.71. The SMILES string of the molecule is CC(C)N(Cc1cccs1)C(C)C(=O)O. The van der Waals surface area contributed by atoms with Crippen LogP contribution in [0.1, 0.15) is 25.6 Å². The average molecular weight is 227 g/mol. The molecule has 1 aromatic rings. The molecule has 0 aromatic carbocycles. The van der Waals surface area contributed by atoms with Crippen LogP contribution in [0.5, 0.6) is 0 Å². The minimum absolute atomic E-state index is 0.234. The molecule has 1 aromatic heterocycles. The van der Waals surface area contributed by atoms with Gasteiger partial charge in [-0.15, -0.1) is 11.3 Å². The van der Waals surface area contributed by atoms with Gasteiger partial charge in [0, 0.05) is 17.5 Å². The van der Waals surface area contributed by atoms with Crippen LogP contribution in [0.3, 0.4) is 0 Å². The zero-order valence-electron chi connectivity index (χ0n) is 9.30. The van der Waals surface area contributed by atoms with Gasteiger partial charge in [-0.3, -0.25) is 9.69 Å². The predicted molar refractivity (Wildman–Crippen MR) is 62.1 cm³/mol. The van der Waals surface area contributed by atoms with E-state index in [-0.39, 0.29) is 6.04 Å². The van der Waals surface area contributed by atoms with Gasteiger partial charge in [-0.25, -0.2) is 0 Å². The van der Waals surface area contributed by atoms with Gasteiger partial charge < -0.3 is 5.11 Å². The van der Waals surface area contributed by atoms with E-state index in [2.05, 4.69) is 0 Å². The van der Waals surface area contributed by atoms with E-state index in [4.69, 9.17) is 5.11 Å². The molecule has 0 saturated heterocycles. The van der Waals surface area contributed by atoms with Crippen LogP contribution in [0.2, 0.25) is 0 Å². The van der Waals surface area contributed by atoms with Crippen molar-refractivity contribution in [3.63, 3.8) is 0 Å². The Bertz CT molecular complexity index is 308. The van der Waals surface area contributed by atoms with Crippen molar-refractivity contribution < 1.29 is 9.90 Å². The third kappa shape index (κ3) is 3.32. The molecule has 0 fully saturated rings. The molecule has 0 bridgehead atoms. The molecule has 0 radical (unpaired) electrons. The van der Waals surface area contributed by atoms with Crippen molar-refractivity contribution in [1.29, 1.82) is 0 Å². The summed E-state index contributed by atoms with van der Waals surface area (Å²) < 4.78 is 0. The van der Waals surface area contributed by atoms with Crippen LogP contribution >= 0.6 is 11.3 Å². The van der Waals surface area contributed by atoms with Gasteiger partial charge in [0.15, 0.2) is 0 Å². The maximum atomic E-state index is 10.9. The summed E-state index contributed by atoms with van der Waals surface area (Å²) in [6, 6.07) is 3.82. The molecular weight excluding hydrogens is 210 g/mol. The van der Waals surface area contributed by atoms with Crippen molar-refractivity contribution in [2.75, 3.05) is 0 Å². The largest absolute Gasteiger partial charge is 0.480 e. The average Bonchev–Trinajstić information content (AvgIpc) is 2.64. The fourth-order valence-electron chi connectivity index (χ4n) is 1.49. The summed E-state index contributed by atoms with van der Waals surface area (Å²) in [5.41, 5.74) is 0. The number of carboxylic acid groups (broad SMARTS) is 1. The Morgan fingerprint density at radius 1 is 1.53 bits per heavy atom. The number of hydrogen-bond donors (Lipinski definition) is 1. The van der Waals surface area contributed by atoms with Gasteiger partial charge in [-0.1, -0.05) is 6.07 Å². The lowest BCUT2D eigenvalue weighted by Gasteiger charge is -2.29. The van der Waals surface area contributed by atoms with Crippen LogP contribution in [-0.2, 0) is 11.3 Å². The lowest BCUT2D eigenvalue weighted by atomic mass is 10.2. The van der Waals surface area contributed by atoms with E-state index in [1.807, 2.05) is 36.3 Å². The maximum Gasteiger partial charge on any atom is 0.320 e. The Kier molecular flexibility index (Phi) is 4.29. The van der Waals surface area contributed by atoms with Gasteiger partial charge in [-0.2, -0.15) is 0 Å². The number of carbonyl (C=O) groups is 1. The van der Waals surface area contributed by atoms with E-state index in [0.717, 1.165) is 0 Å². The summed E-state index contributed by atoms with van der Waals surface area (Å²) in [5, 5.41) is 11.0. The second kappa shape index (κ2) is 5.28. The van der Waals surface area contributed by atoms with Crippen LogP contribution in [0, 0.1) is 0 Å². The molecular formula is C11H17NO2S. The van der Waals surface area contributed by atoms with Gasteiger partial charge in [-0.05, 0) is 32.2 Å². The Hall–Kier alpha value is -0.870. The molecule has 1 N–H and O–H groups in total. The topological polar surface area (TPSA) is 40.5 Å². The van der Waals surface area contributed by atoms with E-state index >= 15 is 0 Å². The summed E-state index contributed by atoms with van der Waals surface area (Å²) in [7, 11) is 0. The standard InChI is InChI=1S/C11H17NO2S/c1-8(2)12(9(3)11(13)14)7-10-5-4-6-15-10/h4-6,8-9H,7H2,1-3H3,(H,13,14). The smallest absolute Gasteiger partial charge is 0.320 e. The third-order valence-electron chi connectivity index (χ3n) is 2.44. The predicted octanol–water partition coefficient (Wildman–Crippen LogP) is 2.43. The summed E-state index contributed by atoms with van der Waals surface area (Å²) >= 11 is 1.66. The summed E-state index contributed by atoms with van der Waals surface area (Å²) in [5.74, 6) is -0.764. The quantitative estimate of drug-likeness (QED) is 0.840. The van der Waals surface area contributed by atoms with Gasteiger partial charge in [0.25, 0.3) is 0 Å². The van der Waals surface area contributed by atoms with Crippen LogP contribution in [0.25, 0.3) is 0 Å². The van der Waals surface area contributed by atoms with Gasteiger partial charge >= 0.3 is 5.97 Å². The molecule has 1 heterocycles. The van der Waals surface area contributed by atoms with Gasteiger partial charge in [0.05, 0.1) is 0 Å². The second-order valence-electron chi connectivity index (χ2n) is 3.86. The molecule has 1 rings (SSSR count). The Morgan fingerprint density at radius 2 is 2.20 bits per heavy atom. The normalized spacial score (nSPS) is 13.4. The van der Waals surface area contributed by atoms with E-state index in [1.165, 1.54) is 4.88 Å². The number of nitrogens with zero attached hydrogens (tertiary/aromatic N) is 1. The minimum atomic E-state index is -0.764. The summed E-state index contributed by atoms with van der Waals surface area (Å²) in [6.45, 7) is 6.48. The van der Waals surface area contributed by atoms with Crippen molar-refractivity contribution in [1.82, 2.24) is 4.90 Å². The molecule has 0 amide bonds. The summed E-state index contributed by atoms with van der Waals surface area (Å²) in [6.07, 6.45) is 0. The van der Waals surface area contributed by atoms with Crippen molar-refractivity contribution in [3.05, 3.63) is 22.4 Å². The molecule has 84 valence electrons. The number of hydrogen-bond acceptors (Lipinski definition) is 3. The number of carboxylic acids is 1. The fourth-order valence-corrected chi connectivity index (χ4v) is 2.20. The number of thiophene rings is 1. The summed E-state index contributed by atoms with van der Waals surface area (Å²) in [4.78, 5) is 14.1. The third-order valence-corrected chi connectivity index (χ3v) is 3.30. The zero-order chi connectivity index (χ0) is 11.4. The first-order valence-corrected chi connectivity index (χ1v) is 5.91. The molecule has 0 spiro atoms. The molecule has 1 atom stereocenters. The first-order chi connectivity index (χ1) is 7.02. The highest BCUT2D eigenvalue weighted by Crippen LogP contribution is 2.16. The fraction of sp³-hybridized carbons (Fsp3) is 0.545. The highest BCUT2D eigenvalue weighted by atomic mass is 32.1. The highest BCUT2D eigenvalue weighted by Gasteiger charge is 2.23. The molecule has 1 unspecified atom stereocenters. The van der Waals surface area contributed by atoms with Crippen molar-refractivity contribution in [3.8, 4) is 0 Å². The number of rotatable bonds is 5. The minimum Gasteiger partial charge on any atom is -0.480 e. The lowest BCUT2D eigenvalue weighted by Crippen LogP contribution is -2.42. The van der Waals surface area contributed by atoms with Gasteiger partial charge in [0.1, 0.15) is 6.04 Å². The van der Waals surface area contributed by atoms with Crippen molar-refractivity contribution in [2.45, 2.75) is 39.4 Å². The lowest BCUT2D eigenvalue weighted by molar-refractivity contribution is -0.143. The monoisotopic (exact) mass is 227 g/mol. The van der Waals surface area contributed by atoms with Crippen LogP contribution in [0.4, 0.5) is 0 Å². The first kappa shape index (κ1) is 12.2. The Labute approximate surface area is 94.3 Å². The molecule has 4 heteroatoms. The maximum absolute atomic E-state index is 10.9. The van der Waals surface area contributed by atoms with E-state index in [0.29, 0.717) is 6.54 Å². The van der Waals surface area contributed by atoms with Crippen LogP contribution < -0.4 is 0 Å². The van der Waals surface area contributed by atoms with Crippen LogP contribution in [-0.4, -0.2) is 28.1 Å². The molecule has 0 aliphatic heterocycles. The Morgan fingerprint density at radius 3 is 2.60 bits per heavy atom. The zero-order valence-corrected chi connectivity index (χ0v) is 10.1. The van der Waals surface area contributed by atoms with Crippen molar-refractivity contribution >= 4 is 17.3 Å². The first-order valence-electron chi connectivity index (χ1n) is 5.03. The molecule has 0 aliphatic carbocycles. The number of aliphatic carboxylic acids is 1. The van der Waals surface area contributed by atoms with Gasteiger partial charge in [0.2, 0.25) is 0 Å². The van der Waals surface area contributed by atoms with Crippen molar-refractivity contribution in [2.24, 2.45) is 0 Å². The van der Waals surface area contributed by atoms with Crippen LogP contribution in [0.15, 0.2) is 17.5 Å². The van der Waals surface area contributed by atoms with E-state index < -0.39 is 12.0 Å². The van der Waals surface area contributed by atoms with E-state index in [1.54, 1.807) is 18.3 Å². The molecule has 0 saturated carbocycles. The molecule has 15 heavy (non-hydrogen) atoms. The molecule has 3 nitrogen and oxygen atoms in total. The highest BCUT2D eigenvalue weighted by molar-refractivity contribution is 7.09. The molecule has 0 aliphatic rings. The second-order valence-corrected chi connectivity index (χ2v) is 4.89. The van der Waals surface area contributed by atoms with E-state index in [9.17, 15) is 4.79 Å².